The van der Waals surface area contributed by atoms with Crippen LogP contribution < -0.4 is 4.90 Å². The third-order valence-corrected chi connectivity index (χ3v) is 7.66. The molecule has 0 radical (unpaired) electrons. The number of oxazole rings is 1. The Labute approximate surface area is 189 Å². The molecule has 1 fully saturated rings. The lowest BCUT2D eigenvalue weighted by atomic mass is 9.99. The minimum atomic E-state index is -3.64. The van der Waals surface area contributed by atoms with Gasteiger partial charge in [0.25, 0.3) is 0 Å². The minimum Gasteiger partial charge on any atom is -0.419 e. The van der Waals surface area contributed by atoms with Gasteiger partial charge in [0.15, 0.2) is 0 Å². The molecule has 4 rings (SSSR count). The van der Waals surface area contributed by atoms with E-state index in [0.29, 0.717) is 23.3 Å². The molecule has 7 nitrogen and oxygen atoms in total. The summed E-state index contributed by atoms with van der Waals surface area (Å²) in [5.41, 5.74) is 1.80. The Balaban J connectivity index is 1.54. The van der Waals surface area contributed by atoms with Crippen molar-refractivity contribution in [3.8, 4) is 17.5 Å². The maximum atomic E-state index is 13.0. The number of anilines is 1. The summed E-state index contributed by atoms with van der Waals surface area (Å²) in [5.74, 6) is 1.47. The Hall–Kier alpha value is -3.15. The fourth-order valence-corrected chi connectivity index (χ4v) is 4.97. The van der Waals surface area contributed by atoms with Crippen LogP contribution in [0.3, 0.4) is 0 Å². The van der Waals surface area contributed by atoms with Crippen LogP contribution in [0.5, 0.6) is 0 Å². The molecule has 2 heterocycles. The first-order chi connectivity index (χ1) is 15.4. The van der Waals surface area contributed by atoms with Crippen molar-refractivity contribution in [2.24, 2.45) is 5.92 Å². The number of hydrogen-bond donors (Lipinski definition) is 0. The number of aromatic nitrogens is 1. The van der Waals surface area contributed by atoms with E-state index in [-0.39, 0.29) is 17.1 Å². The average molecular weight is 451 g/mol. The van der Waals surface area contributed by atoms with E-state index in [1.807, 2.05) is 30.3 Å². The van der Waals surface area contributed by atoms with Crippen molar-refractivity contribution in [2.45, 2.75) is 31.2 Å². The molecule has 0 unspecified atom stereocenters. The smallest absolute Gasteiger partial charge is 0.243 e. The molecule has 1 aromatic heterocycles. The Kier molecular flexibility index (Phi) is 6.31. The van der Waals surface area contributed by atoms with Gasteiger partial charge in [-0.2, -0.15) is 14.6 Å². The highest BCUT2D eigenvalue weighted by molar-refractivity contribution is 7.89. The van der Waals surface area contributed by atoms with Crippen LogP contribution >= 0.6 is 0 Å². The monoisotopic (exact) mass is 450 g/mol. The van der Waals surface area contributed by atoms with Crippen molar-refractivity contribution >= 4 is 15.9 Å². The molecule has 0 N–H and O–H groups in total. The van der Waals surface area contributed by atoms with E-state index in [4.69, 9.17) is 4.42 Å². The second-order valence-electron chi connectivity index (χ2n) is 8.23. The maximum Gasteiger partial charge on any atom is 0.243 e. The molecule has 2 aromatic carbocycles. The minimum absolute atomic E-state index is 0.192. The summed E-state index contributed by atoms with van der Waals surface area (Å²) in [7, 11) is -2.08. The van der Waals surface area contributed by atoms with Crippen LogP contribution in [0, 0.1) is 17.2 Å². The lowest BCUT2D eigenvalue weighted by Crippen LogP contribution is -2.32. The number of sulfonamides is 1. The fourth-order valence-electron chi connectivity index (χ4n) is 3.81. The lowest BCUT2D eigenvalue weighted by molar-refractivity contribution is 0.418. The van der Waals surface area contributed by atoms with Gasteiger partial charge in [-0.15, -0.1) is 0 Å². The molecule has 32 heavy (non-hydrogen) atoms. The van der Waals surface area contributed by atoms with Gasteiger partial charge in [-0.1, -0.05) is 37.3 Å². The van der Waals surface area contributed by atoms with Crippen LogP contribution in [0.4, 0.5) is 5.88 Å². The highest BCUT2D eigenvalue weighted by atomic mass is 32.2. The first kappa shape index (κ1) is 22.1. The Morgan fingerprint density at radius 2 is 1.78 bits per heavy atom. The molecule has 0 bridgehead atoms. The second-order valence-corrected chi connectivity index (χ2v) is 10.3. The highest BCUT2D eigenvalue weighted by Gasteiger charge is 2.25. The third-order valence-electron chi connectivity index (χ3n) is 5.84. The van der Waals surface area contributed by atoms with Gasteiger partial charge in [0.1, 0.15) is 6.07 Å². The SMILES string of the molecule is CC1CCN(c2oc(-c3ccc(S(=O)(=O)N(C)Cc4ccccc4)cc3)nc2C#N)CC1. The summed E-state index contributed by atoms with van der Waals surface area (Å²) >= 11 is 0. The molecule has 0 amide bonds. The predicted molar refractivity (Wildman–Crippen MR) is 122 cm³/mol. The summed E-state index contributed by atoms with van der Waals surface area (Å²) in [6, 6.07) is 18.0. The molecule has 0 saturated carbocycles. The van der Waals surface area contributed by atoms with E-state index in [2.05, 4.69) is 22.9 Å². The number of hydrogen-bond acceptors (Lipinski definition) is 6. The highest BCUT2D eigenvalue weighted by Crippen LogP contribution is 2.31. The van der Waals surface area contributed by atoms with E-state index in [0.717, 1.165) is 31.5 Å². The molecule has 1 aliphatic rings. The van der Waals surface area contributed by atoms with Crippen molar-refractivity contribution in [3.63, 3.8) is 0 Å². The van der Waals surface area contributed by atoms with Crippen molar-refractivity contribution in [2.75, 3.05) is 25.0 Å². The molecule has 1 aliphatic heterocycles. The number of piperidine rings is 1. The van der Waals surface area contributed by atoms with E-state index in [1.165, 1.54) is 4.31 Å². The Morgan fingerprint density at radius 3 is 2.41 bits per heavy atom. The zero-order chi connectivity index (χ0) is 22.7. The second kappa shape index (κ2) is 9.15. The molecular weight excluding hydrogens is 424 g/mol. The van der Waals surface area contributed by atoms with Crippen molar-refractivity contribution < 1.29 is 12.8 Å². The molecule has 3 aromatic rings. The van der Waals surface area contributed by atoms with Gasteiger partial charge >= 0.3 is 0 Å². The van der Waals surface area contributed by atoms with Gasteiger partial charge in [0, 0.05) is 32.2 Å². The molecule has 0 aliphatic carbocycles. The van der Waals surface area contributed by atoms with Crippen molar-refractivity contribution in [3.05, 3.63) is 65.9 Å². The molecule has 0 atom stereocenters. The van der Waals surface area contributed by atoms with E-state index < -0.39 is 10.0 Å². The van der Waals surface area contributed by atoms with Gasteiger partial charge in [-0.05, 0) is 48.6 Å². The predicted octanol–water partition coefficient (Wildman–Crippen LogP) is 4.27. The van der Waals surface area contributed by atoms with Crippen LogP contribution in [-0.4, -0.2) is 37.8 Å². The average Bonchev–Trinajstić information content (AvgIpc) is 3.25. The van der Waals surface area contributed by atoms with Gasteiger partial charge < -0.3 is 9.32 Å². The van der Waals surface area contributed by atoms with Crippen LogP contribution in [0.15, 0.2) is 63.9 Å². The normalized spacial score (nSPS) is 15.1. The number of nitrogens with zero attached hydrogens (tertiary/aromatic N) is 4. The summed E-state index contributed by atoms with van der Waals surface area (Å²) < 4.78 is 33.2. The third kappa shape index (κ3) is 4.54. The molecule has 8 heteroatoms. The molecule has 1 saturated heterocycles. The van der Waals surface area contributed by atoms with Crippen LogP contribution in [0.25, 0.3) is 11.5 Å². The largest absolute Gasteiger partial charge is 0.419 e. The Bertz CT molecular complexity index is 1210. The van der Waals surface area contributed by atoms with E-state index >= 15 is 0 Å². The molecule has 166 valence electrons. The van der Waals surface area contributed by atoms with Crippen molar-refractivity contribution in [1.82, 2.24) is 9.29 Å². The van der Waals surface area contributed by atoms with Crippen LogP contribution in [0.2, 0.25) is 0 Å². The lowest BCUT2D eigenvalue weighted by Gasteiger charge is -2.29. The van der Waals surface area contributed by atoms with Gasteiger partial charge in [-0.3, -0.25) is 0 Å². The maximum absolute atomic E-state index is 13.0. The molecule has 0 spiro atoms. The van der Waals surface area contributed by atoms with Crippen molar-refractivity contribution in [1.29, 1.82) is 5.26 Å². The van der Waals surface area contributed by atoms with Gasteiger partial charge in [-0.25, -0.2) is 8.42 Å². The van der Waals surface area contributed by atoms with Gasteiger partial charge in [0.05, 0.1) is 4.90 Å². The fraction of sp³-hybridized carbons (Fsp3) is 0.333. The zero-order valence-corrected chi connectivity index (χ0v) is 19.0. The summed E-state index contributed by atoms with van der Waals surface area (Å²) in [4.78, 5) is 6.60. The number of nitriles is 1. The van der Waals surface area contributed by atoms with Crippen LogP contribution in [0.1, 0.15) is 31.0 Å². The van der Waals surface area contributed by atoms with E-state index in [9.17, 15) is 13.7 Å². The summed E-state index contributed by atoms with van der Waals surface area (Å²) in [6.45, 7) is 4.17. The topological polar surface area (TPSA) is 90.4 Å². The molecular formula is C24H26N4O3S. The first-order valence-corrected chi connectivity index (χ1v) is 12.1. The van der Waals surface area contributed by atoms with Crippen LogP contribution in [-0.2, 0) is 16.6 Å². The number of rotatable bonds is 6. The quantitative estimate of drug-likeness (QED) is 0.557. The van der Waals surface area contributed by atoms with Gasteiger partial charge in [0.2, 0.25) is 27.5 Å². The number of benzene rings is 2. The standard InChI is InChI=1S/C24H26N4O3S/c1-18-12-14-28(15-13-18)24-22(16-25)26-23(31-24)20-8-10-21(11-9-20)32(29,30)27(2)17-19-6-4-3-5-7-19/h3-11,18H,12-15,17H2,1-2H3. The Morgan fingerprint density at radius 1 is 1.12 bits per heavy atom. The van der Waals surface area contributed by atoms with E-state index in [1.54, 1.807) is 31.3 Å². The summed E-state index contributed by atoms with van der Waals surface area (Å²) in [5, 5.41) is 9.51. The zero-order valence-electron chi connectivity index (χ0n) is 18.2. The first-order valence-electron chi connectivity index (χ1n) is 10.6. The summed E-state index contributed by atoms with van der Waals surface area (Å²) in [6.07, 6.45) is 2.09.